The summed E-state index contributed by atoms with van der Waals surface area (Å²) in [7, 11) is 1.53. The van der Waals surface area contributed by atoms with Gasteiger partial charge in [0.2, 0.25) is 0 Å². The van der Waals surface area contributed by atoms with E-state index < -0.39 is 23.3 Å². The molecular weight excluding hydrogens is 468 g/mol. The van der Waals surface area contributed by atoms with Crippen molar-refractivity contribution in [2.75, 3.05) is 13.7 Å². The molecule has 0 spiro atoms. The molecule has 1 saturated carbocycles. The van der Waals surface area contributed by atoms with Crippen LogP contribution >= 0.6 is 0 Å². The molecular formula is C26H25F2N5O3. The molecule has 2 N–H and O–H groups in total. The Morgan fingerprint density at radius 1 is 1.08 bits per heavy atom. The van der Waals surface area contributed by atoms with E-state index in [9.17, 15) is 18.7 Å². The summed E-state index contributed by atoms with van der Waals surface area (Å²) in [5, 5.41) is 17.8. The summed E-state index contributed by atoms with van der Waals surface area (Å²) < 4.78 is 34.1. The summed E-state index contributed by atoms with van der Waals surface area (Å²) in [5.41, 5.74) is 2.60. The topological polar surface area (TPSA) is 102 Å². The van der Waals surface area contributed by atoms with Gasteiger partial charge in [-0.15, -0.1) is 0 Å². The highest BCUT2D eigenvalue weighted by atomic mass is 19.1. The van der Waals surface area contributed by atoms with Gasteiger partial charge >= 0.3 is 6.01 Å². The van der Waals surface area contributed by atoms with Gasteiger partial charge in [0.1, 0.15) is 0 Å². The summed E-state index contributed by atoms with van der Waals surface area (Å²) in [5.74, 6) is -3.69. The number of phenolic OH excluding ortho intramolecular Hbond substituents is 1. The molecule has 1 aliphatic rings. The number of phenols is 1. The molecule has 8 nitrogen and oxygen atoms in total. The maximum Gasteiger partial charge on any atom is 0.316 e. The van der Waals surface area contributed by atoms with Gasteiger partial charge in [-0.05, 0) is 55.4 Å². The monoisotopic (exact) mass is 493 g/mol. The third-order valence-corrected chi connectivity index (χ3v) is 6.69. The maximum atomic E-state index is 13.5. The van der Waals surface area contributed by atoms with Gasteiger partial charge in [-0.2, -0.15) is 5.10 Å². The molecule has 4 aromatic rings. The van der Waals surface area contributed by atoms with Gasteiger partial charge in [0.15, 0.2) is 17.4 Å². The molecule has 0 bridgehead atoms. The number of benzene rings is 2. The maximum absolute atomic E-state index is 13.5. The van der Waals surface area contributed by atoms with E-state index >= 15 is 0 Å². The molecule has 1 fully saturated rings. The number of rotatable bonds is 6. The van der Waals surface area contributed by atoms with Crippen LogP contribution in [0, 0.1) is 17.6 Å². The number of carbonyl (C=O) groups is 1. The van der Waals surface area contributed by atoms with Crippen LogP contribution in [0.4, 0.5) is 8.78 Å². The predicted octanol–water partition coefficient (Wildman–Crippen LogP) is 4.65. The van der Waals surface area contributed by atoms with Crippen molar-refractivity contribution >= 4 is 16.8 Å². The third-order valence-electron chi connectivity index (χ3n) is 6.69. The van der Waals surface area contributed by atoms with Gasteiger partial charge in [0, 0.05) is 41.6 Å². The number of carbonyl (C=O) groups excluding carboxylic acids is 1. The first kappa shape index (κ1) is 23.7. The number of aromatic hydroxyl groups is 1. The van der Waals surface area contributed by atoms with Crippen molar-refractivity contribution < 1.29 is 23.4 Å². The van der Waals surface area contributed by atoms with Gasteiger partial charge in [-0.25, -0.2) is 18.7 Å². The minimum Gasteiger partial charge on any atom is -0.503 e. The number of ether oxygens (including phenoxy) is 1. The molecule has 1 amide bonds. The lowest BCUT2D eigenvalue weighted by Crippen LogP contribution is -2.31. The van der Waals surface area contributed by atoms with Crippen molar-refractivity contribution in [2.45, 2.75) is 31.7 Å². The Labute approximate surface area is 206 Å². The fourth-order valence-electron chi connectivity index (χ4n) is 4.62. The Morgan fingerprint density at radius 2 is 1.78 bits per heavy atom. The SMILES string of the molecule is COc1ncc(-c2ccc3cn(C4CCC(CNC(=O)c5cc(F)c(O)c(F)c5)CC4)nc3c2)cn1. The number of halogens is 2. The van der Waals surface area contributed by atoms with E-state index in [-0.39, 0.29) is 17.5 Å². The summed E-state index contributed by atoms with van der Waals surface area (Å²) >= 11 is 0. The van der Waals surface area contributed by atoms with Crippen molar-refractivity contribution in [3.8, 4) is 22.9 Å². The highest BCUT2D eigenvalue weighted by Crippen LogP contribution is 2.33. The van der Waals surface area contributed by atoms with E-state index in [1.807, 2.05) is 22.9 Å². The van der Waals surface area contributed by atoms with E-state index in [1.54, 1.807) is 12.4 Å². The quantitative estimate of drug-likeness (QED) is 0.406. The smallest absolute Gasteiger partial charge is 0.316 e. The molecule has 2 heterocycles. The van der Waals surface area contributed by atoms with Crippen LogP contribution in [-0.2, 0) is 0 Å². The normalized spacial score (nSPS) is 17.8. The van der Waals surface area contributed by atoms with E-state index in [1.165, 1.54) is 7.11 Å². The number of nitrogens with one attached hydrogen (secondary N) is 1. The lowest BCUT2D eigenvalue weighted by atomic mass is 9.86. The molecule has 0 unspecified atom stereocenters. The van der Waals surface area contributed by atoms with Crippen LogP contribution in [0.5, 0.6) is 11.8 Å². The Balaban J connectivity index is 1.18. The fourth-order valence-corrected chi connectivity index (χ4v) is 4.62. The van der Waals surface area contributed by atoms with Crippen molar-refractivity contribution in [3.05, 3.63) is 66.1 Å². The van der Waals surface area contributed by atoms with Gasteiger partial charge in [0.05, 0.1) is 18.7 Å². The number of fused-ring (bicyclic) bond motifs is 1. The van der Waals surface area contributed by atoms with Crippen LogP contribution in [0.15, 0.2) is 48.9 Å². The lowest BCUT2D eigenvalue weighted by molar-refractivity contribution is 0.0940. The lowest BCUT2D eigenvalue weighted by Gasteiger charge is -2.28. The van der Waals surface area contributed by atoms with Crippen molar-refractivity contribution in [2.24, 2.45) is 5.92 Å². The fraction of sp³-hybridized carbons (Fsp3) is 0.308. The highest BCUT2D eigenvalue weighted by molar-refractivity contribution is 5.94. The zero-order chi connectivity index (χ0) is 25.2. The molecule has 2 aromatic heterocycles. The van der Waals surface area contributed by atoms with Crippen LogP contribution in [0.1, 0.15) is 42.1 Å². The van der Waals surface area contributed by atoms with E-state index in [4.69, 9.17) is 9.84 Å². The minimum absolute atomic E-state index is 0.153. The third kappa shape index (κ3) is 4.84. The molecule has 36 heavy (non-hydrogen) atoms. The standard InChI is InChI=1S/C26H25F2N5O3/c1-36-26-30-12-19(13-31-26)16-4-5-17-14-33(32-23(17)10-16)20-6-2-15(3-7-20)11-29-25(35)18-8-21(27)24(34)22(28)9-18/h4-5,8-10,12-15,20,34H,2-3,6-7,11H2,1H3,(H,29,35). The zero-order valence-corrected chi connectivity index (χ0v) is 19.6. The number of methoxy groups -OCH3 is 1. The van der Waals surface area contributed by atoms with Gasteiger partial charge < -0.3 is 15.2 Å². The van der Waals surface area contributed by atoms with E-state index in [0.717, 1.165) is 59.8 Å². The first-order chi connectivity index (χ1) is 17.4. The van der Waals surface area contributed by atoms with Crippen LogP contribution in [0.25, 0.3) is 22.0 Å². The van der Waals surface area contributed by atoms with Crippen molar-refractivity contribution in [1.29, 1.82) is 0 Å². The second-order valence-corrected chi connectivity index (χ2v) is 9.01. The van der Waals surface area contributed by atoms with Crippen LogP contribution in [-0.4, -0.2) is 44.4 Å². The highest BCUT2D eigenvalue weighted by Gasteiger charge is 2.24. The second-order valence-electron chi connectivity index (χ2n) is 9.01. The van der Waals surface area contributed by atoms with Gasteiger partial charge in [0.25, 0.3) is 5.91 Å². The summed E-state index contributed by atoms with van der Waals surface area (Å²) in [6.45, 7) is 0.421. The number of amides is 1. The zero-order valence-electron chi connectivity index (χ0n) is 19.6. The minimum atomic E-state index is -1.16. The molecule has 0 radical (unpaired) electrons. The van der Waals surface area contributed by atoms with Crippen molar-refractivity contribution in [3.63, 3.8) is 0 Å². The molecule has 5 rings (SSSR count). The van der Waals surface area contributed by atoms with Gasteiger partial charge in [-0.3, -0.25) is 9.48 Å². The average molecular weight is 494 g/mol. The number of nitrogens with zero attached hydrogens (tertiary/aromatic N) is 4. The Kier molecular flexibility index (Phi) is 6.49. The Bertz CT molecular complexity index is 1380. The Hall–Kier alpha value is -4.08. The summed E-state index contributed by atoms with van der Waals surface area (Å²) in [4.78, 5) is 20.6. The van der Waals surface area contributed by atoms with Gasteiger partial charge in [-0.1, -0.05) is 12.1 Å². The number of aromatic nitrogens is 4. The molecule has 10 heteroatoms. The first-order valence-electron chi connectivity index (χ1n) is 11.7. The van der Waals surface area contributed by atoms with Crippen LogP contribution in [0.3, 0.4) is 0 Å². The van der Waals surface area contributed by atoms with E-state index in [2.05, 4.69) is 21.5 Å². The second kappa shape index (κ2) is 9.88. The van der Waals surface area contributed by atoms with Crippen molar-refractivity contribution in [1.82, 2.24) is 25.1 Å². The Morgan fingerprint density at radius 3 is 2.44 bits per heavy atom. The molecule has 0 atom stereocenters. The summed E-state index contributed by atoms with van der Waals surface area (Å²) in [6.07, 6.45) is 9.12. The first-order valence-corrected chi connectivity index (χ1v) is 11.7. The summed E-state index contributed by atoms with van der Waals surface area (Å²) in [6, 6.07) is 8.33. The number of hydrogen-bond donors (Lipinski definition) is 2. The molecule has 0 saturated heterocycles. The predicted molar refractivity (Wildman–Crippen MR) is 129 cm³/mol. The van der Waals surface area contributed by atoms with Crippen LogP contribution < -0.4 is 10.1 Å². The molecule has 1 aliphatic carbocycles. The number of hydrogen-bond acceptors (Lipinski definition) is 6. The largest absolute Gasteiger partial charge is 0.503 e. The molecule has 186 valence electrons. The molecule has 2 aromatic carbocycles. The van der Waals surface area contributed by atoms with E-state index in [0.29, 0.717) is 12.6 Å². The average Bonchev–Trinajstić information content (AvgIpc) is 3.34. The van der Waals surface area contributed by atoms with Crippen LogP contribution in [0.2, 0.25) is 0 Å². The molecule has 0 aliphatic heterocycles.